The van der Waals surface area contributed by atoms with Crippen LogP contribution in [0.4, 0.5) is 0 Å². The summed E-state index contributed by atoms with van der Waals surface area (Å²) in [6, 6.07) is 2.04. The monoisotopic (exact) mass is 267 g/mol. The van der Waals surface area contributed by atoms with Crippen LogP contribution in [-0.2, 0) is 6.42 Å². The predicted molar refractivity (Wildman–Crippen MR) is 71.6 cm³/mol. The lowest BCUT2D eigenvalue weighted by atomic mass is 9.90. The van der Waals surface area contributed by atoms with E-state index in [1.807, 2.05) is 6.07 Å². The predicted octanol–water partition coefficient (Wildman–Crippen LogP) is 2.92. The van der Waals surface area contributed by atoms with E-state index in [9.17, 15) is 0 Å². The maximum Gasteiger partial charge on any atom is 0.231 e. The second-order valence-corrected chi connectivity index (χ2v) is 5.53. The molecule has 98 valence electrons. The lowest BCUT2D eigenvalue weighted by molar-refractivity contribution is 0.173. The topological polar surface area (TPSA) is 30.5 Å². The molecule has 3 rings (SSSR count). The summed E-state index contributed by atoms with van der Waals surface area (Å²) in [5.41, 5.74) is 2.47. The number of benzene rings is 1. The van der Waals surface area contributed by atoms with Gasteiger partial charge in [0, 0.05) is 0 Å². The summed E-state index contributed by atoms with van der Waals surface area (Å²) in [4.78, 5) is 0. The van der Waals surface area contributed by atoms with E-state index in [0.717, 1.165) is 25.3 Å². The molecular weight excluding hydrogens is 250 g/mol. The first-order chi connectivity index (χ1) is 8.75. The summed E-state index contributed by atoms with van der Waals surface area (Å²) in [6.07, 6.45) is 3.62. The third kappa shape index (κ3) is 2.17. The standard InChI is InChI=1S/C14H18ClNO2/c1-9-11(5-10-3-2-4-16-7-10)6-12(15)14-13(9)17-8-18-14/h6,10,16H,2-5,7-8H2,1H3. The van der Waals surface area contributed by atoms with Crippen LogP contribution < -0.4 is 14.8 Å². The maximum atomic E-state index is 6.24. The normalized spacial score (nSPS) is 22.2. The molecule has 1 N–H and O–H groups in total. The number of halogens is 1. The first-order valence-corrected chi connectivity index (χ1v) is 6.92. The van der Waals surface area contributed by atoms with Gasteiger partial charge in [-0.15, -0.1) is 0 Å². The molecule has 0 radical (unpaired) electrons. The zero-order chi connectivity index (χ0) is 12.5. The highest BCUT2D eigenvalue weighted by molar-refractivity contribution is 6.32. The van der Waals surface area contributed by atoms with Crippen molar-refractivity contribution in [2.45, 2.75) is 26.2 Å². The average molecular weight is 268 g/mol. The van der Waals surface area contributed by atoms with Crippen molar-refractivity contribution in [3.05, 3.63) is 22.2 Å². The zero-order valence-electron chi connectivity index (χ0n) is 10.6. The van der Waals surface area contributed by atoms with E-state index in [1.54, 1.807) is 0 Å². The van der Waals surface area contributed by atoms with Crippen LogP contribution in [0.5, 0.6) is 11.5 Å². The SMILES string of the molecule is Cc1c(CC2CCCNC2)cc(Cl)c2c1OCO2. The minimum Gasteiger partial charge on any atom is -0.453 e. The molecule has 1 aromatic carbocycles. The van der Waals surface area contributed by atoms with E-state index >= 15 is 0 Å². The van der Waals surface area contributed by atoms with Crippen LogP contribution in [0, 0.1) is 12.8 Å². The number of ether oxygens (including phenoxy) is 2. The highest BCUT2D eigenvalue weighted by atomic mass is 35.5. The van der Waals surface area contributed by atoms with Gasteiger partial charge in [-0.05, 0) is 62.4 Å². The molecule has 1 fully saturated rings. The summed E-state index contributed by atoms with van der Waals surface area (Å²) in [5, 5.41) is 4.13. The second kappa shape index (κ2) is 4.98. The van der Waals surface area contributed by atoms with Gasteiger partial charge in [0.2, 0.25) is 6.79 Å². The van der Waals surface area contributed by atoms with E-state index in [1.165, 1.54) is 24.0 Å². The summed E-state index contributed by atoms with van der Waals surface area (Å²) in [6.45, 7) is 4.63. The van der Waals surface area contributed by atoms with E-state index in [-0.39, 0.29) is 6.79 Å². The van der Waals surface area contributed by atoms with Gasteiger partial charge in [0.15, 0.2) is 11.5 Å². The molecule has 4 heteroatoms. The van der Waals surface area contributed by atoms with Crippen LogP contribution in [0.3, 0.4) is 0 Å². The fourth-order valence-corrected chi connectivity index (χ4v) is 3.10. The Balaban J connectivity index is 1.85. The van der Waals surface area contributed by atoms with Gasteiger partial charge < -0.3 is 14.8 Å². The summed E-state index contributed by atoms with van der Waals surface area (Å²) >= 11 is 6.24. The molecule has 0 aliphatic carbocycles. The van der Waals surface area contributed by atoms with Gasteiger partial charge in [0.25, 0.3) is 0 Å². The molecule has 0 bridgehead atoms. The van der Waals surface area contributed by atoms with E-state index in [2.05, 4.69) is 12.2 Å². The summed E-state index contributed by atoms with van der Waals surface area (Å²) in [5.74, 6) is 2.25. The molecule has 1 unspecified atom stereocenters. The van der Waals surface area contributed by atoms with Crippen LogP contribution in [0.2, 0.25) is 5.02 Å². The van der Waals surface area contributed by atoms with Gasteiger partial charge in [0.1, 0.15) is 0 Å². The van der Waals surface area contributed by atoms with E-state index in [4.69, 9.17) is 21.1 Å². The maximum absolute atomic E-state index is 6.24. The fourth-order valence-electron chi connectivity index (χ4n) is 2.83. The van der Waals surface area contributed by atoms with Gasteiger partial charge in [-0.25, -0.2) is 0 Å². The van der Waals surface area contributed by atoms with Crippen molar-refractivity contribution < 1.29 is 9.47 Å². The smallest absolute Gasteiger partial charge is 0.231 e. The van der Waals surface area contributed by atoms with Crippen molar-refractivity contribution in [2.24, 2.45) is 5.92 Å². The first kappa shape index (κ1) is 12.1. The summed E-state index contributed by atoms with van der Waals surface area (Å²) in [7, 11) is 0. The average Bonchev–Trinajstić information content (AvgIpc) is 2.87. The molecule has 0 amide bonds. The Labute approximate surface area is 112 Å². The van der Waals surface area contributed by atoms with E-state index < -0.39 is 0 Å². The molecule has 0 aromatic heterocycles. The zero-order valence-corrected chi connectivity index (χ0v) is 11.3. The lowest BCUT2D eigenvalue weighted by Gasteiger charge is -2.23. The largest absolute Gasteiger partial charge is 0.453 e. The van der Waals surface area contributed by atoms with Crippen LogP contribution in [0.1, 0.15) is 24.0 Å². The molecule has 1 atom stereocenters. The number of hydrogen-bond acceptors (Lipinski definition) is 3. The van der Waals surface area contributed by atoms with Gasteiger partial charge >= 0.3 is 0 Å². The van der Waals surface area contributed by atoms with Gasteiger partial charge in [-0.3, -0.25) is 0 Å². The van der Waals surface area contributed by atoms with Gasteiger partial charge in [0.05, 0.1) is 5.02 Å². The van der Waals surface area contributed by atoms with Crippen LogP contribution in [0.15, 0.2) is 6.07 Å². The van der Waals surface area contributed by atoms with Crippen molar-refractivity contribution in [3.8, 4) is 11.5 Å². The molecule has 0 spiro atoms. The van der Waals surface area contributed by atoms with Crippen molar-refractivity contribution >= 4 is 11.6 Å². The van der Waals surface area contributed by atoms with Crippen LogP contribution in [-0.4, -0.2) is 19.9 Å². The molecule has 3 nitrogen and oxygen atoms in total. The molecule has 2 aliphatic heterocycles. The number of nitrogens with one attached hydrogen (secondary N) is 1. The molecule has 0 saturated carbocycles. The highest BCUT2D eigenvalue weighted by Gasteiger charge is 2.24. The van der Waals surface area contributed by atoms with Crippen molar-refractivity contribution in [1.29, 1.82) is 0 Å². The van der Waals surface area contributed by atoms with Crippen molar-refractivity contribution in [3.63, 3.8) is 0 Å². The van der Waals surface area contributed by atoms with Gasteiger partial charge in [-0.1, -0.05) is 11.6 Å². The van der Waals surface area contributed by atoms with Gasteiger partial charge in [-0.2, -0.15) is 0 Å². The molecule has 18 heavy (non-hydrogen) atoms. The highest BCUT2D eigenvalue weighted by Crippen LogP contribution is 2.43. The van der Waals surface area contributed by atoms with Crippen LogP contribution in [0.25, 0.3) is 0 Å². The Bertz CT molecular complexity index is 456. The van der Waals surface area contributed by atoms with Crippen LogP contribution >= 0.6 is 11.6 Å². The summed E-state index contributed by atoms with van der Waals surface area (Å²) < 4.78 is 10.9. The Morgan fingerprint density at radius 1 is 1.39 bits per heavy atom. The Morgan fingerprint density at radius 3 is 3.00 bits per heavy atom. The Kier molecular flexibility index (Phi) is 3.35. The van der Waals surface area contributed by atoms with Crippen molar-refractivity contribution in [2.75, 3.05) is 19.9 Å². The quantitative estimate of drug-likeness (QED) is 0.894. The number of rotatable bonds is 2. The molecule has 1 saturated heterocycles. The first-order valence-electron chi connectivity index (χ1n) is 6.54. The minimum atomic E-state index is 0.282. The minimum absolute atomic E-state index is 0.282. The Hall–Kier alpha value is -0.930. The number of piperidine rings is 1. The van der Waals surface area contributed by atoms with E-state index in [0.29, 0.717) is 16.7 Å². The van der Waals surface area contributed by atoms with Crippen molar-refractivity contribution in [1.82, 2.24) is 5.32 Å². The third-order valence-corrected chi connectivity index (χ3v) is 4.14. The fraction of sp³-hybridized carbons (Fsp3) is 0.571. The number of hydrogen-bond donors (Lipinski definition) is 1. The molecule has 2 aliphatic rings. The molecular formula is C14H18ClNO2. The lowest BCUT2D eigenvalue weighted by Crippen LogP contribution is -2.31. The Morgan fingerprint density at radius 2 is 2.22 bits per heavy atom. The number of fused-ring (bicyclic) bond motifs is 1. The molecule has 1 aromatic rings. The second-order valence-electron chi connectivity index (χ2n) is 5.12. The molecule has 2 heterocycles. The third-order valence-electron chi connectivity index (χ3n) is 3.86.